The molecule has 4 N–H and O–H groups in total. The highest BCUT2D eigenvalue weighted by Gasteiger charge is 2.47. The molecule has 0 bridgehead atoms. The van der Waals surface area contributed by atoms with Crippen LogP contribution >= 0.6 is 0 Å². The fraction of sp³-hybridized carbons (Fsp3) is 0.238. The summed E-state index contributed by atoms with van der Waals surface area (Å²) in [7, 11) is 1.72. The van der Waals surface area contributed by atoms with Gasteiger partial charge in [-0.05, 0) is 35.4 Å². The number of hydrogen-bond donors (Lipinski definition) is 4. The monoisotopic (exact) mass is 383 g/mol. The van der Waals surface area contributed by atoms with Crippen LogP contribution in [0.15, 0.2) is 54.7 Å². The minimum atomic E-state index is -0.815. The largest absolute Gasteiger partial charge is 0.393 e. The lowest BCUT2D eigenvalue weighted by molar-refractivity contribution is -0.139. The second kappa shape index (κ2) is 8.33. The van der Waals surface area contributed by atoms with Gasteiger partial charge in [0.1, 0.15) is 11.2 Å². The van der Waals surface area contributed by atoms with Gasteiger partial charge >= 0.3 is 0 Å². The van der Waals surface area contributed by atoms with Crippen LogP contribution in [0.5, 0.6) is 0 Å². The first-order chi connectivity index (χ1) is 13.5. The van der Waals surface area contributed by atoms with E-state index in [9.17, 15) is 14.3 Å². The molecule has 1 heterocycles. The molecule has 7 heteroatoms. The quantitative estimate of drug-likeness (QED) is 0.552. The molecule has 0 saturated carbocycles. The van der Waals surface area contributed by atoms with Gasteiger partial charge in [0.05, 0.1) is 25.5 Å². The van der Waals surface area contributed by atoms with Crippen molar-refractivity contribution in [2.75, 3.05) is 32.2 Å². The fourth-order valence-electron chi connectivity index (χ4n) is 3.06. The summed E-state index contributed by atoms with van der Waals surface area (Å²) in [6.45, 7) is 0.142. The average molecular weight is 383 g/mol. The molecule has 0 atom stereocenters. The van der Waals surface area contributed by atoms with Crippen LogP contribution < -0.4 is 10.6 Å². The van der Waals surface area contributed by atoms with Gasteiger partial charge in [-0.15, -0.1) is 0 Å². The highest BCUT2D eigenvalue weighted by Crippen LogP contribution is 2.34. The number of carbonyl (C=O) groups is 1. The summed E-state index contributed by atoms with van der Waals surface area (Å²) in [6.07, 6.45) is 1.65. The topological polar surface area (TPSA) is 94.4 Å². The molecule has 1 amide bonds. The van der Waals surface area contributed by atoms with E-state index >= 15 is 0 Å². The lowest BCUT2D eigenvalue weighted by Crippen LogP contribution is -2.55. The molecular weight excluding hydrogens is 361 g/mol. The number of carbonyl (C=O) groups excluding carboxylic acids is 1. The van der Waals surface area contributed by atoms with Crippen molar-refractivity contribution >= 4 is 22.9 Å². The van der Waals surface area contributed by atoms with Crippen molar-refractivity contribution in [1.82, 2.24) is 5.32 Å². The number of benzene rings is 2. The molecule has 6 nitrogen and oxygen atoms in total. The van der Waals surface area contributed by atoms with E-state index in [-0.39, 0.29) is 37.3 Å². The first-order valence-electron chi connectivity index (χ1n) is 8.82. The molecule has 0 unspecified atom stereocenters. The summed E-state index contributed by atoms with van der Waals surface area (Å²) in [4.78, 5) is 12.9. The third kappa shape index (κ3) is 3.81. The third-order valence-electron chi connectivity index (χ3n) is 4.75. The SMILES string of the molecule is CN/C=C(\C(=N)CO)c1ccc(C2(C(=O)Nc3ccc(F)cc3)COC2)cc1. The maximum absolute atomic E-state index is 13.1. The number of rotatable bonds is 7. The Bertz CT molecular complexity index is 888. The minimum absolute atomic E-state index is 0.0952. The van der Waals surface area contributed by atoms with Gasteiger partial charge in [0.25, 0.3) is 0 Å². The molecule has 28 heavy (non-hydrogen) atoms. The molecule has 2 aromatic carbocycles. The number of aliphatic hydroxyl groups is 1. The number of amides is 1. The number of halogens is 1. The van der Waals surface area contributed by atoms with E-state index < -0.39 is 5.41 Å². The standard InChI is InChI=1S/C21H22FN3O3/c1-24-10-18(19(23)11-26)14-2-4-15(5-3-14)21(12-28-13-21)20(27)25-17-8-6-16(22)7-9-17/h2-10,23-24,26H,11-13H2,1H3,(H,25,27)/b18-10-,23-19?. The lowest BCUT2D eigenvalue weighted by atomic mass is 9.77. The maximum atomic E-state index is 13.1. The van der Waals surface area contributed by atoms with Crippen LogP contribution in [-0.4, -0.2) is 43.6 Å². The molecule has 1 aliphatic heterocycles. The number of ether oxygens (including phenoxy) is 1. The molecule has 0 aliphatic carbocycles. The molecule has 0 radical (unpaired) electrons. The molecular formula is C21H22FN3O3. The van der Waals surface area contributed by atoms with E-state index in [0.29, 0.717) is 11.3 Å². The van der Waals surface area contributed by atoms with Crippen LogP contribution in [0.3, 0.4) is 0 Å². The molecule has 3 rings (SSSR count). The van der Waals surface area contributed by atoms with E-state index in [1.807, 2.05) is 24.3 Å². The summed E-state index contributed by atoms with van der Waals surface area (Å²) >= 11 is 0. The molecule has 1 fully saturated rings. The normalized spacial score (nSPS) is 15.5. The Morgan fingerprint density at radius 3 is 2.36 bits per heavy atom. The smallest absolute Gasteiger partial charge is 0.239 e. The zero-order chi connectivity index (χ0) is 20.1. The molecule has 146 valence electrons. The van der Waals surface area contributed by atoms with Crippen molar-refractivity contribution in [3.05, 3.63) is 71.7 Å². The van der Waals surface area contributed by atoms with Gasteiger partial charge in [0, 0.05) is 24.5 Å². The van der Waals surface area contributed by atoms with Crippen LogP contribution in [0.25, 0.3) is 5.57 Å². The van der Waals surface area contributed by atoms with Crippen LogP contribution in [0.2, 0.25) is 0 Å². The summed E-state index contributed by atoms with van der Waals surface area (Å²) < 4.78 is 18.4. The zero-order valence-electron chi connectivity index (χ0n) is 15.5. The number of nitrogens with one attached hydrogen (secondary N) is 3. The van der Waals surface area contributed by atoms with Crippen molar-refractivity contribution in [3.8, 4) is 0 Å². The Hall–Kier alpha value is -3.03. The van der Waals surface area contributed by atoms with Crippen molar-refractivity contribution in [3.63, 3.8) is 0 Å². The Kier molecular flexibility index (Phi) is 5.87. The zero-order valence-corrected chi connectivity index (χ0v) is 15.5. The summed E-state index contributed by atoms with van der Waals surface area (Å²) in [5, 5.41) is 22.9. The summed E-state index contributed by atoms with van der Waals surface area (Å²) in [6, 6.07) is 12.9. The van der Waals surface area contributed by atoms with Gasteiger partial charge in [0.2, 0.25) is 5.91 Å². The van der Waals surface area contributed by atoms with Gasteiger partial charge in [-0.3, -0.25) is 4.79 Å². The Morgan fingerprint density at radius 2 is 1.86 bits per heavy atom. The summed E-state index contributed by atoms with van der Waals surface area (Å²) in [5.74, 6) is -0.582. The first-order valence-corrected chi connectivity index (χ1v) is 8.82. The molecule has 0 spiro atoms. The van der Waals surface area contributed by atoms with Gasteiger partial charge in [-0.25, -0.2) is 4.39 Å². The molecule has 1 saturated heterocycles. The maximum Gasteiger partial charge on any atom is 0.239 e. The Balaban J connectivity index is 1.84. The number of anilines is 1. The van der Waals surface area contributed by atoms with Gasteiger partial charge in [-0.1, -0.05) is 24.3 Å². The van der Waals surface area contributed by atoms with Crippen LogP contribution in [0.4, 0.5) is 10.1 Å². The van der Waals surface area contributed by atoms with Crippen LogP contribution in [-0.2, 0) is 14.9 Å². The number of hydrogen-bond acceptors (Lipinski definition) is 5. The molecule has 1 aliphatic rings. The van der Waals surface area contributed by atoms with Crippen molar-refractivity contribution in [1.29, 1.82) is 5.41 Å². The van der Waals surface area contributed by atoms with Crippen LogP contribution in [0, 0.1) is 11.2 Å². The fourth-order valence-corrected chi connectivity index (χ4v) is 3.06. The van der Waals surface area contributed by atoms with E-state index in [2.05, 4.69) is 10.6 Å². The predicted octanol–water partition coefficient (Wildman–Crippen LogP) is 2.30. The number of aliphatic hydroxyl groups excluding tert-OH is 1. The van der Waals surface area contributed by atoms with Gasteiger partial charge < -0.3 is 25.9 Å². The third-order valence-corrected chi connectivity index (χ3v) is 4.75. The van der Waals surface area contributed by atoms with E-state index in [0.717, 1.165) is 11.1 Å². The highest BCUT2D eigenvalue weighted by atomic mass is 19.1. The van der Waals surface area contributed by atoms with Crippen molar-refractivity contribution in [2.24, 2.45) is 0 Å². The Morgan fingerprint density at radius 1 is 1.21 bits per heavy atom. The second-order valence-electron chi connectivity index (χ2n) is 6.60. The lowest BCUT2D eigenvalue weighted by Gasteiger charge is -2.40. The molecule has 0 aromatic heterocycles. The van der Waals surface area contributed by atoms with E-state index in [4.69, 9.17) is 10.1 Å². The molecule has 2 aromatic rings. The Labute approximate surface area is 162 Å². The second-order valence-corrected chi connectivity index (χ2v) is 6.60. The first kappa shape index (κ1) is 19.7. The van der Waals surface area contributed by atoms with Gasteiger partial charge in [0.15, 0.2) is 0 Å². The van der Waals surface area contributed by atoms with E-state index in [1.165, 1.54) is 24.3 Å². The van der Waals surface area contributed by atoms with Crippen molar-refractivity contribution in [2.45, 2.75) is 5.41 Å². The average Bonchev–Trinajstić information content (AvgIpc) is 2.67. The van der Waals surface area contributed by atoms with Crippen LogP contribution in [0.1, 0.15) is 11.1 Å². The minimum Gasteiger partial charge on any atom is -0.393 e. The highest BCUT2D eigenvalue weighted by molar-refractivity contribution is 6.22. The van der Waals surface area contributed by atoms with Crippen molar-refractivity contribution < 1.29 is 19.0 Å². The predicted molar refractivity (Wildman–Crippen MR) is 106 cm³/mol. The van der Waals surface area contributed by atoms with E-state index in [1.54, 1.807) is 13.2 Å². The van der Waals surface area contributed by atoms with Gasteiger partial charge in [-0.2, -0.15) is 0 Å². The summed E-state index contributed by atoms with van der Waals surface area (Å²) in [5.41, 5.74) is 1.92.